The second-order valence-corrected chi connectivity index (χ2v) is 8.93. The van der Waals surface area contributed by atoms with Gasteiger partial charge in [0.25, 0.3) is 0 Å². The number of hydrogen-bond acceptors (Lipinski definition) is 6. The highest BCUT2D eigenvalue weighted by Gasteiger charge is 2.48. The number of aliphatic carboxylic acids is 3. The first kappa shape index (κ1) is 18.6. The quantitative estimate of drug-likeness (QED) is 0.514. The minimum atomic E-state index is -1.35. The highest BCUT2D eigenvalue weighted by molar-refractivity contribution is 8.22. The molecule has 1 heterocycles. The maximum absolute atomic E-state index is 12.2. The summed E-state index contributed by atoms with van der Waals surface area (Å²) in [4.78, 5) is 45.0. The number of carbonyl (C=O) groups excluding carboxylic acids is 1. The van der Waals surface area contributed by atoms with Crippen molar-refractivity contribution in [2.45, 2.75) is 47.3 Å². The van der Waals surface area contributed by atoms with Crippen molar-refractivity contribution in [2.75, 3.05) is 0 Å². The molecule has 0 aliphatic carbocycles. The summed E-state index contributed by atoms with van der Waals surface area (Å²) in [6.45, 7) is 3.56. The first-order valence-corrected chi connectivity index (χ1v) is 8.13. The molecule has 0 aromatic heterocycles. The molecule has 2 unspecified atom stereocenters. The van der Waals surface area contributed by atoms with Gasteiger partial charge >= 0.3 is 17.9 Å². The van der Waals surface area contributed by atoms with Crippen LogP contribution in [0.4, 0.5) is 0 Å². The molecule has 1 aliphatic rings. The van der Waals surface area contributed by atoms with E-state index in [2.05, 4.69) is 5.32 Å². The smallest absolute Gasteiger partial charge is 0.326 e. The second kappa shape index (κ2) is 7.23. The van der Waals surface area contributed by atoms with Crippen LogP contribution in [0.25, 0.3) is 0 Å². The molecule has 22 heavy (non-hydrogen) atoms. The molecule has 0 bridgehead atoms. The van der Waals surface area contributed by atoms with Gasteiger partial charge in [-0.25, -0.2) is 4.79 Å². The second-order valence-electron chi connectivity index (χ2n) is 5.15. The van der Waals surface area contributed by atoms with Gasteiger partial charge in [0.05, 0.1) is 4.08 Å². The Hall–Kier alpha value is -1.42. The van der Waals surface area contributed by atoms with Gasteiger partial charge in [0.15, 0.2) is 0 Å². The Morgan fingerprint density at radius 1 is 1.09 bits per heavy atom. The Morgan fingerprint density at radius 2 is 1.64 bits per heavy atom. The predicted molar refractivity (Wildman–Crippen MR) is 80.9 cm³/mol. The zero-order valence-corrected chi connectivity index (χ0v) is 13.6. The molecule has 0 saturated carbocycles. The fraction of sp³-hybridized carbons (Fsp3) is 0.667. The Kier molecular flexibility index (Phi) is 6.12. The van der Waals surface area contributed by atoms with Gasteiger partial charge in [-0.3, -0.25) is 14.4 Å². The highest BCUT2D eigenvalue weighted by Crippen LogP contribution is 2.51. The van der Waals surface area contributed by atoms with Crippen molar-refractivity contribution in [3.05, 3.63) is 0 Å². The summed E-state index contributed by atoms with van der Waals surface area (Å²) in [5.74, 6) is -4.36. The van der Waals surface area contributed by atoms with E-state index in [0.29, 0.717) is 0 Å². The summed E-state index contributed by atoms with van der Waals surface area (Å²) in [6, 6.07) is -1.35. The number of hydrogen-bond donors (Lipinski definition) is 4. The molecule has 0 radical (unpaired) electrons. The summed E-state index contributed by atoms with van der Waals surface area (Å²) in [7, 11) is 0. The predicted octanol–water partition coefficient (Wildman–Crippen LogP) is 0.459. The number of thioether (sulfide) groups is 2. The van der Waals surface area contributed by atoms with E-state index in [1.165, 1.54) is 0 Å². The van der Waals surface area contributed by atoms with Crippen molar-refractivity contribution in [3.63, 3.8) is 0 Å². The average molecular weight is 351 g/mol. The van der Waals surface area contributed by atoms with Crippen molar-refractivity contribution in [2.24, 2.45) is 0 Å². The van der Waals surface area contributed by atoms with Crippen LogP contribution >= 0.6 is 23.5 Å². The van der Waals surface area contributed by atoms with Crippen LogP contribution in [0.15, 0.2) is 0 Å². The minimum Gasteiger partial charge on any atom is -0.481 e. The number of amides is 1. The molecule has 4 N–H and O–H groups in total. The van der Waals surface area contributed by atoms with E-state index in [1.54, 1.807) is 13.8 Å². The van der Waals surface area contributed by atoms with Crippen LogP contribution in [0.1, 0.15) is 26.7 Å². The lowest BCUT2D eigenvalue weighted by atomic mass is 10.1. The number of nitrogens with one attached hydrogen (secondary N) is 1. The average Bonchev–Trinajstić information content (AvgIpc) is 2.70. The Morgan fingerprint density at radius 3 is 2.09 bits per heavy atom. The van der Waals surface area contributed by atoms with Crippen molar-refractivity contribution in [1.82, 2.24) is 5.32 Å². The summed E-state index contributed by atoms with van der Waals surface area (Å²) < 4.78 is -0.481. The topological polar surface area (TPSA) is 141 Å². The highest BCUT2D eigenvalue weighted by atomic mass is 32.2. The molecule has 1 fully saturated rings. The van der Waals surface area contributed by atoms with Crippen molar-refractivity contribution < 1.29 is 34.5 Å². The zero-order chi connectivity index (χ0) is 17.1. The summed E-state index contributed by atoms with van der Waals surface area (Å²) in [5.41, 5.74) is 0. The third-order valence-corrected chi connectivity index (χ3v) is 6.21. The van der Waals surface area contributed by atoms with E-state index in [0.717, 1.165) is 23.5 Å². The molecule has 0 aromatic carbocycles. The maximum Gasteiger partial charge on any atom is 0.326 e. The van der Waals surface area contributed by atoms with Gasteiger partial charge in [0, 0.05) is 6.42 Å². The van der Waals surface area contributed by atoms with Crippen LogP contribution in [0.3, 0.4) is 0 Å². The van der Waals surface area contributed by atoms with Crippen LogP contribution in [0.5, 0.6) is 0 Å². The van der Waals surface area contributed by atoms with Gasteiger partial charge in [-0.1, -0.05) is 0 Å². The standard InChI is InChI=1S/C12H17NO7S2/c1-12(2)21-7(8(22-12)11(19)20)9(16)13-5(10(17)18)3-4-6(14)15/h5,7-8H,3-4H2,1-2H3,(H,13,16)(H,14,15)(H,17,18)(H,19,20)/t5-,7?,8?/m0/s1. The fourth-order valence-corrected chi connectivity index (χ4v) is 5.08. The number of rotatable bonds is 7. The monoisotopic (exact) mass is 351 g/mol. The number of carboxylic acids is 3. The Balaban J connectivity index is 2.78. The molecule has 1 aliphatic heterocycles. The molecule has 10 heteroatoms. The van der Waals surface area contributed by atoms with Gasteiger partial charge < -0.3 is 20.6 Å². The van der Waals surface area contributed by atoms with E-state index in [-0.39, 0.29) is 6.42 Å². The van der Waals surface area contributed by atoms with Gasteiger partial charge in [-0.05, 0) is 20.3 Å². The molecule has 8 nitrogen and oxygen atoms in total. The summed E-state index contributed by atoms with van der Waals surface area (Å²) in [5, 5.41) is 27.1. The van der Waals surface area contributed by atoms with Crippen molar-refractivity contribution >= 4 is 47.3 Å². The lowest BCUT2D eigenvalue weighted by Crippen LogP contribution is -2.47. The lowest BCUT2D eigenvalue weighted by Gasteiger charge is -2.19. The first-order chi connectivity index (χ1) is 10.0. The van der Waals surface area contributed by atoms with Crippen LogP contribution in [-0.2, 0) is 19.2 Å². The van der Waals surface area contributed by atoms with Crippen LogP contribution in [0, 0.1) is 0 Å². The van der Waals surface area contributed by atoms with Gasteiger partial charge in [-0.2, -0.15) is 0 Å². The fourth-order valence-electron chi connectivity index (χ4n) is 1.91. The Labute approximate surface area is 135 Å². The van der Waals surface area contributed by atoms with Gasteiger partial charge in [-0.15, -0.1) is 23.5 Å². The van der Waals surface area contributed by atoms with E-state index < -0.39 is 50.9 Å². The molecular weight excluding hydrogens is 334 g/mol. The number of carbonyl (C=O) groups is 4. The normalized spacial score (nSPS) is 24.5. The first-order valence-electron chi connectivity index (χ1n) is 6.37. The molecule has 1 rings (SSSR count). The lowest BCUT2D eigenvalue weighted by molar-refractivity contribution is -0.143. The maximum atomic E-state index is 12.2. The SMILES string of the molecule is CC1(C)SC(C(=O)O)C(C(=O)N[C@@H](CCC(=O)O)C(=O)O)S1. The minimum absolute atomic E-state index is 0.262. The molecule has 0 aromatic rings. The molecule has 1 saturated heterocycles. The molecular formula is C12H17NO7S2. The van der Waals surface area contributed by atoms with E-state index in [1.807, 2.05) is 0 Å². The van der Waals surface area contributed by atoms with Crippen molar-refractivity contribution in [1.29, 1.82) is 0 Å². The number of carboxylic acid groups (broad SMARTS) is 3. The molecule has 1 amide bonds. The van der Waals surface area contributed by atoms with E-state index in [4.69, 9.17) is 10.2 Å². The van der Waals surface area contributed by atoms with Gasteiger partial charge in [0.1, 0.15) is 16.5 Å². The molecule has 0 spiro atoms. The summed E-state index contributed by atoms with van der Waals surface area (Å²) >= 11 is 2.28. The zero-order valence-electron chi connectivity index (χ0n) is 11.9. The van der Waals surface area contributed by atoms with E-state index in [9.17, 15) is 24.3 Å². The van der Waals surface area contributed by atoms with Crippen LogP contribution in [0.2, 0.25) is 0 Å². The van der Waals surface area contributed by atoms with Crippen LogP contribution < -0.4 is 5.32 Å². The van der Waals surface area contributed by atoms with Crippen LogP contribution in [-0.4, -0.2) is 59.8 Å². The third kappa shape index (κ3) is 5.09. The van der Waals surface area contributed by atoms with Gasteiger partial charge in [0.2, 0.25) is 5.91 Å². The Bertz CT molecular complexity index is 494. The summed E-state index contributed by atoms with van der Waals surface area (Å²) in [6.07, 6.45) is -0.667. The third-order valence-electron chi connectivity index (χ3n) is 2.86. The van der Waals surface area contributed by atoms with Crippen molar-refractivity contribution in [3.8, 4) is 0 Å². The van der Waals surface area contributed by atoms with E-state index >= 15 is 0 Å². The molecule has 3 atom stereocenters. The largest absolute Gasteiger partial charge is 0.481 e. The molecule has 124 valence electrons.